The summed E-state index contributed by atoms with van der Waals surface area (Å²) in [6.45, 7) is 0. The van der Waals surface area contributed by atoms with Crippen LogP contribution in [0.3, 0.4) is 0 Å². The second-order valence-electron chi connectivity index (χ2n) is 1.03. The van der Waals surface area contributed by atoms with Gasteiger partial charge in [0.1, 0.15) is 0 Å². The molecule has 0 aliphatic carbocycles. The van der Waals surface area contributed by atoms with Crippen LogP contribution in [0.2, 0.25) is 0 Å². The van der Waals surface area contributed by atoms with Crippen molar-refractivity contribution in [3.63, 3.8) is 0 Å². The summed E-state index contributed by atoms with van der Waals surface area (Å²) in [5.74, 6) is 10.5. The van der Waals surface area contributed by atoms with E-state index in [4.69, 9.17) is 14.8 Å². The fraction of sp³-hybridized carbons (Fsp3) is 1.00. The molecule has 4 N–H and O–H groups in total. The molecule has 0 bridgehead atoms. The molecule has 0 aliphatic heterocycles. The molecule has 0 heterocycles. The van der Waals surface area contributed by atoms with Crippen molar-refractivity contribution in [1.82, 2.24) is 0 Å². The molecule has 0 amide bonds. The third kappa shape index (κ3) is 3.52. The normalized spacial score (nSPS) is 12.5. The van der Waals surface area contributed by atoms with Crippen molar-refractivity contribution < 1.29 is 32.9 Å². The van der Waals surface area contributed by atoms with Crippen LogP contribution in [0.25, 0.3) is 0 Å². The van der Waals surface area contributed by atoms with Gasteiger partial charge in [-0.15, -0.1) is 0 Å². The molecule has 8 heavy (non-hydrogen) atoms. The van der Waals surface area contributed by atoms with Gasteiger partial charge in [0, 0.05) is 0 Å². The molecule has 52 valence electrons. The Balaban J connectivity index is 3.37. The zero-order valence-corrected chi connectivity index (χ0v) is 6.95. The maximum atomic E-state index is 5.24. The van der Waals surface area contributed by atoms with Crippen molar-refractivity contribution in [3.8, 4) is 0 Å². The Bertz CT molecular complexity index is 68.3. The van der Waals surface area contributed by atoms with Crippen LogP contribution in [-0.4, -0.2) is 17.3 Å². The average Bonchev–Trinajstić information content (AvgIpc) is 1.67. The molecule has 0 rings (SSSR count). The SMILES string of the molecule is CO[I-][N+](N)(N)OC. The van der Waals surface area contributed by atoms with E-state index in [1.807, 2.05) is 0 Å². The molecule has 0 unspecified atom stereocenters. The molecule has 5 nitrogen and oxygen atoms in total. The Morgan fingerprint density at radius 3 is 2.00 bits per heavy atom. The maximum absolute atomic E-state index is 5.24. The van der Waals surface area contributed by atoms with Crippen LogP contribution < -0.4 is 33.6 Å². The fourth-order valence-corrected chi connectivity index (χ4v) is 0.912. The predicted octanol–water partition coefficient (Wildman–Crippen LogP) is -4.32. The van der Waals surface area contributed by atoms with Gasteiger partial charge in [-0.2, -0.15) is 0 Å². The zero-order valence-electron chi connectivity index (χ0n) is 4.80. The van der Waals surface area contributed by atoms with Crippen molar-refractivity contribution in [2.75, 3.05) is 14.2 Å². The predicted molar refractivity (Wildman–Crippen MR) is 22.7 cm³/mol. The van der Waals surface area contributed by atoms with Crippen molar-refractivity contribution in [1.29, 1.82) is 0 Å². The van der Waals surface area contributed by atoms with E-state index in [-0.39, 0.29) is 0 Å². The second-order valence-corrected chi connectivity index (χ2v) is 3.81. The molecular weight excluding hydrogens is 225 g/mol. The van der Waals surface area contributed by atoms with E-state index in [0.29, 0.717) is 0 Å². The van der Waals surface area contributed by atoms with E-state index < -0.39 is 25.0 Å². The first-order valence-corrected chi connectivity index (χ1v) is 3.68. The van der Waals surface area contributed by atoms with E-state index in [0.717, 1.165) is 0 Å². The molecule has 0 fully saturated rings. The van der Waals surface area contributed by atoms with Gasteiger partial charge < -0.3 is 0 Å². The van der Waals surface area contributed by atoms with Crippen molar-refractivity contribution in [3.05, 3.63) is 0 Å². The molecule has 0 aromatic heterocycles. The number of hydrogen-bond donors (Lipinski definition) is 2. The summed E-state index contributed by atoms with van der Waals surface area (Å²) in [5.41, 5.74) is 0. The number of rotatable bonds is 3. The molecule has 0 saturated carbocycles. The summed E-state index contributed by atoms with van der Waals surface area (Å²) < 4.78 is 4.26. The average molecular weight is 235 g/mol. The third-order valence-corrected chi connectivity index (χ3v) is 1.86. The van der Waals surface area contributed by atoms with Crippen LogP contribution in [0.4, 0.5) is 0 Å². The number of nitrogens with zero attached hydrogens (tertiary/aromatic N) is 1. The minimum absolute atomic E-state index is 0.449. The van der Waals surface area contributed by atoms with Crippen LogP contribution in [0.1, 0.15) is 0 Å². The molecule has 0 saturated heterocycles. The molecule has 0 atom stereocenters. The zero-order chi connectivity index (χ0) is 6.62. The van der Waals surface area contributed by atoms with Gasteiger partial charge in [0.25, 0.3) is 0 Å². The third-order valence-electron chi connectivity index (χ3n) is 0.457. The minimum atomic E-state index is -0.748. The standard InChI is InChI=1S/C2H10IN3O2/c1-7-3-6(4,5)8-2/h4-5H2,1-2H3. The monoisotopic (exact) mass is 235 g/mol. The first kappa shape index (κ1) is 8.53. The number of hydrogen-bond acceptors (Lipinski definition) is 4. The van der Waals surface area contributed by atoms with E-state index in [2.05, 4.69) is 4.84 Å². The second kappa shape index (κ2) is 3.54. The van der Waals surface area contributed by atoms with Crippen molar-refractivity contribution in [2.45, 2.75) is 0 Å². The van der Waals surface area contributed by atoms with Gasteiger partial charge in [-0.1, -0.05) is 0 Å². The van der Waals surface area contributed by atoms with Crippen molar-refractivity contribution >= 4 is 0 Å². The van der Waals surface area contributed by atoms with E-state index in [1.54, 1.807) is 7.11 Å². The van der Waals surface area contributed by atoms with E-state index in [9.17, 15) is 0 Å². The first-order valence-electron chi connectivity index (χ1n) is 1.84. The van der Waals surface area contributed by atoms with Gasteiger partial charge in [-0.3, -0.25) is 0 Å². The fourth-order valence-electron chi connectivity index (χ4n) is 0.136. The number of halogens is 1. The summed E-state index contributed by atoms with van der Waals surface area (Å²) in [6, 6.07) is 0. The molecule has 0 aromatic carbocycles. The number of nitrogens with two attached hydrogens (primary N) is 2. The van der Waals surface area contributed by atoms with Crippen LogP contribution in [0.5, 0.6) is 0 Å². The van der Waals surface area contributed by atoms with Crippen LogP contribution in [0, 0.1) is 0 Å². The summed E-state index contributed by atoms with van der Waals surface area (Å²) in [5, 5.41) is 0. The van der Waals surface area contributed by atoms with Gasteiger partial charge in [0.15, 0.2) is 0 Å². The van der Waals surface area contributed by atoms with Gasteiger partial charge in [0.05, 0.1) is 0 Å². The molecule has 0 aromatic rings. The summed E-state index contributed by atoms with van der Waals surface area (Å²) in [4.78, 5) is 4.60. The molecule has 0 radical (unpaired) electrons. The topological polar surface area (TPSA) is 70.5 Å². The summed E-state index contributed by atoms with van der Waals surface area (Å²) in [6.07, 6.45) is 0. The van der Waals surface area contributed by atoms with Crippen LogP contribution in [-0.2, 0) is 7.90 Å². The molecule has 0 spiro atoms. The Hall–Kier alpha value is 0.530. The van der Waals surface area contributed by atoms with Gasteiger partial charge in [0.2, 0.25) is 0 Å². The molecule has 6 heteroatoms. The first-order chi connectivity index (χ1) is 3.62. The quantitative estimate of drug-likeness (QED) is 0.224. The number of quaternary nitrogens is 1. The van der Waals surface area contributed by atoms with Gasteiger partial charge in [-0.05, 0) is 0 Å². The summed E-state index contributed by atoms with van der Waals surface area (Å²) in [7, 11) is 2.97. The molecule has 0 aliphatic rings. The van der Waals surface area contributed by atoms with Crippen LogP contribution in [0.15, 0.2) is 0 Å². The van der Waals surface area contributed by atoms with E-state index >= 15 is 0 Å². The van der Waals surface area contributed by atoms with Gasteiger partial charge in [-0.25, -0.2) is 0 Å². The van der Waals surface area contributed by atoms with Gasteiger partial charge >= 0.3 is 58.8 Å². The van der Waals surface area contributed by atoms with Crippen molar-refractivity contribution in [2.24, 2.45) is 11.7 Å². The van der Waals surface area contributed by atoms with Crippen LogP contribution >= 0.6 is 0 Å². The summed E-state index contributed by atoms with van der Waals surface area (Å²) >= 11 is -0.748. The Morgan fingerprint density at radius 2 is 1.88 bits per heavy atom. The van der Waals surface area contributed by atoms with E-state index in [1.165, 1.54) is 7.11 Å². The Labute approximate surface area is 59.2 Å². The molecular formula is C2H10IN3O2. The Morgan fingerprint density at radius 1 is 1.38 bits per heavy atom. The Kier molecular flexibility index (Phi) is 3.77.